The molecule has 3 aromatic carbocycles. The summed E-state index contributed by atoms with van der Waals surface area (Å²) in [6.45, 7) is 0. The molecule has 7 heteroatoms. The summed E-state index contributed by atoms with van der Waals surface area (Å²) in [5.41, 5.74) is 3.51. The van der Waals surface area contributed by atoms with Gasteiger partial charge in [0.25, 0.3) is 0 Å². The minimum absolute atomic E-state index is 0.121. The molecule has 2 atom stereocenters. The Morgan fingerprint density at radius 3 is 2.06 bits per heavy atom. The number of esters is 1. The lowest BCUT2D eigenvalue weighted by molar-refractivity contribution is -0.153. The fourth-order valence-corrected chi connectivity index (χ4v) is 6.20. The van der Waals surface area contributed by atoms with E-state index in [1.807, 2.05) is 91.0 Å². The third-order valence-electron chi connectivity index (χ3n) is 6.23. The standard InChI is InChI=1S/C28H23ClN2O3S/c29-16-21-17-35-27-22(23(30)18-10-4-1-5-11-18)26(32)31(27)24(21)28(33)34-25(19-12-6-2-7-13-19)20-14-8-3-9-15-20/h1-15,22,25,27,30H,16-17H2. The van der Waals surface area contributed by atoms with Gasteiger partial charge in [-0.15, -0.1) is 23.4 Å². The van der Waals surface area contributed by atoms with E-state index < -0.39 is 18.0 Å². The molecule has 5 rings (SSSR count). The SMILES string of the molecule is N=C(c1ccccc1)C1C(=O)N2C(C(=O)OC(c3ccccc3)c3ccccc3)=C(CCl)CSC12. The predicted octanol–water partition coefficient (Wildman–Crippen LogP) is 5.41. The Kier molecular flexibility index (Phi) is 6.75. The number of amides is 1. The van der Waals surface area contributed by atoms with E-state index in [1.165, 1.54) is 16.7 Å². The van der Waals surface area contributed by atoms with Gasteiger partial charge in [0.15, 0.2) is 6.10 Å². The quantitative estimate of drug-likeness (QED) is 0.203. The van der Waals surface area contributed by atoms with Crippen molar-refractivity contribution in [1.29, 1.82) is 5.41 Å². The molecule has 2 unspecified atom stereocenters. The number of hydrogen-bond donors (Lipinski definition) is 1. The number of benzene rings is 3. The highest BCUT2D eigenvalue weighted by molar-refractivity contribution is 8.00. The Bertz CT molecular complexity index is 1240. The first kappa shape index (κ1) is 23.4. The Morgan fingerprint density at radius 1 is 0.971 bits per heavy atom. The zero-order valence-electron chi connectivity index (χ0n) is 18.8. The van der Waals surface area contributed by atoms with Crippen LogP contribution in [0.2, 0.25) is 0 Å². The van der Waals surface area contributed by atoms with Crippen LogP contribution in [0.3, 0.4) is 0 Å². The Hall–Kier alpha value is -3.35. The molecular formula is C28H23ClN2O3S. The molecule has 2 heterocycles. The molecule has 1 fully saturated rings. The van der Waals surface area contributed by atoms with Crippen LogP contribution in [0, 0.1) is 11.3 Å². The summed E-state index contributed by atoms with van der Waals surface area (Å²) < 4.78 is 6.06. The van der Waals surface area contributed by atoms with Crippen LogP contribution in [0.25, 0.3) is 0 Å². The molecular weight excluding hydrogens is 480 g/mol. The van der Waals surface area contributed by atoms with Crippen LogP contribution in [-0.4, -0.2) is 39.5 Å². The number of carbonyl (C=O) groups excluding carboxylic acids is 2. The maximum Gasteiger partial charge on any atom is 0.356 e. The molecule has 0 spiro atoms. The van der Waals surface area contributed by atoms with E-state index in [-0.39, 0.29) is 28.6 Å². The molecule has 176 valence electrons. The summed E-state index contributed by atoms with van der Waals surface area (Å²) >= 11 is 7.74. The van der Waals surface area contributed by atoms with Gasteiger partial charge in [-0.1, -0.05) is 91.0 Å². The zero-order valence-corrected chi connectivity index (χ0v) is 20.3. The molecule has 5 nitrogen and oxygen atoms in total. The van der Waals surface area contributed by atoms with E-state index in [9.17, 15) is 9.59 Å². The number of β-lactam (4-membered cyclic amide) rings is 1. The van der Waals surface area contributed by atoms with Gasteiger partial charge in [-0.05, 0) is 22.3 Å². The second kappa shape index (κ2) is 10.1. The van der Waals surface area contributed by atoms with Crippen molar-refractivity contribution in [3.8, 4) is 0 Å². The number of thioether (sulfide) groups is 1. The van der Waals surface area contributed by atoms with Crippen molar-refractivity contribution >= 4 is 41.0 Å². The second-order valence-corrected chi connectivity index (χ2v) is 9.73. The summed E-state index contributed by atoms with van der Waals surface area (Å²) in [6.07, 6.45) is -0.628. The molecule has 0 radical (unpaired) electrons. The summed E-state index contributed by atoms with van der Waals surface area (Å²) in [5, 5.41) is 8.29. The van der Waals surface area contributed by atoms with Crippen molar-refractivity contribution < 1.29 is 14.3 Å². The first-order valence-electron chi connectivity index (χ1n) is 11.3. The van der Waals surface area contributed by atoms with Crippen LogP contribution in [0.5, 0.6) is 0 Å². The largest absolute Gasteiger partial charge is 0.448 e. The smallest absolute Gasteiger partial charge is 0.356 e. The Morgan fingerprint density at radius 2 is 1.51 bits per heavy atom. The number of nitrogens with one attached hydrogen (secondary N) is 1. The molecule has 2 aliphatic heterocycles. The number of alkyl halides is 1. The number of rotatable bonds is 7. The van der Waals surface area contributed by atoms with Crippen LogP contribution < -0.4 is 0 Å². The molecule has 1 N–H and O–H groups in total. The van der Waals surface area contributed by atoms with E-state index in [1.54, 1.807) is 0 Å². The maximum absolute atomic E-state index is 13.6. The minimum atomic E-state index is -0.628. The van der Waals surface area contributed by atoms with Gasteiger partial charge in [0.05, 0.1) is 5.71 Å². The molecule has 3 aromatic rings. The lowest BCUT2D eigenvalue weighted by Gasteiger charge is -2.50. The normalized spacial score (nSPS) is 19.3. The van der Waals surface area contributed by atoms with Crippen molar-refractivity contribution in [2.24, 2.45) is 5.92 Å². The Labute approximate surface area is 213 Å². The van der Waals surface area contributed by atoms with Crippen LogP contribution in [0.1, 0.15) is 22.8 Å². The number of ether oxygens (including phenoxy) is 1. The highest BCUT2D eigenvalue weighted by Gasteiger charge is 2.55. The third kappa shape index (κ3) is 4.40. The number of halogens is 1. The third-order valence-corrected chi connectivity index (χ3v) is 7.89. The second-order valence-electron chi connectivity index (χ2n) is 8.36. The van der Waals surface area contributed by atoms with Crippen molar-refractivity contribution in [2.45, 2.75) is 11.5 Å². The average molecular weight is 503 g/mol. The highest BCUT2D eigenvalue weighted by Crippen LogP contribution is 2.46. The number of fused-ring (bicyclic) bond motifs is 1. The van der Waals surface area contributed by atoms with Gasteiger partial charge in [0.2, 0.25) is 5.91 Å². The van der Waals surface area contributed by atoms with E-state index in [0.717, 1.165) is 11.1 Å². The van der Waals surface area contributed by atoms with Gasteiger partial charge < -0.3 is 10.1 Å². The predicted molar refractivity (Wildman–Crippen MR) is 138 cm³/mol. The van der Waals surface area contributed by atoms with E-state index in [4.69, 9.17) is 21.7 Å². The van der Waals surface area contributed by atoms with Gasteiger partial charge in [-0.2, -0.15) is 0 Å². The molecule has 0 saturated carbocycles. The lowest BCUT2D eigenvalue weighted by atomic mass is 9.87. The number of carbonyl (C=O) groups is 2. The fourth-order valence-electron chi connectivity index (χ4n) is 4.45. The van der Waals surface area contributed by atoms with Crippen LogP contribution >= 0.6 is 23.4 Å². The molecule has 35 heavy (non-hydrogen) atoms. The van der Waals surface area contributed by atoms with Crippen molar-refractivity contribution in [3.63, 3.8) is 0 Å². The van der Waals surface area contributed by atoms with Gasteiger partial charge >= 0.3 is 5.97 Å². The average Bonchev–Trinajstić information content (AvgIpc) is 2.92. The molecule has 1 saturated heterocycles. The first-order valence-corrected chi connectivity index (χ1v) is 12.9. The molecule has 0 bridgehead atoms. The monoisotopic (exact) mass is 502 g/mol. The molecule has 1 amide bonds. The van der Waals surface area contributed by atoms with Gasteiger partial charge in [0, 0.05) is 11.6 Å². The van der Waals surface area contributed by atoms with Crippen LogP contribution in [0.4, 0.5) is 0 Å². The Balaban J connectivity index is 1.44. The van der Waals surface area contributed by atoms with E-state index in [2.05, 4.69) is 0 Å². The minimum Gasteiger partial charge on any atom is -0.448 e. The number of nitrogens with zero attached hydrogens (tertiary/aromatic N) is 1. The van der Waals surface area contributed by atoms with Gasteiger partial charge in [-0.3, -0.25) is 9.69 Å². The van der Waals surface area contributed by atoms with Crippen molar-refractivity contribution in [2.75, 3.05) is 11.6 Å². The summed E-state index contributed by atoms with van der Waals surface area (Å²) in [7, 11) is 0. The van der Waals surface area contributed by atoms with Gasteiger partial charge in [-0.25, -0.2) is 4.79 Å². The van der Waals surface area contributed by atoms with Gasteiger partial charge in [0.1, 0.15) is 17.0 Å². The fraction of sp³-hybridized carbons (Fsp3) is 0.179. The molecule has 2 aliphatic rings. The molecule has 0 aliphatic carbocycles. The zero-order chi connectivity index (χ0) is 24.4. The summed E-state index contributed by atoms with van der Waals surface area (Å²) in [6, 6.07) is 28.3. The summed E-state index contributed by atoms with van der Waals surface area (Å²) in [4.78, 5) is 28.4. The lowest BCUT2D eigenvalue weighted by Crippen LogP contribution is -2.64. The van der Waals surface area contributed by atoms with Crippen LogP contribution in [-0.2, 0) is 14.3 Å². The van der Waals surface area contributed by atoms with E-state index in [0.29, 0.717) is 16.9 Å². The number of hydrogen-bond acceptors (Lipinski definition) is 5. The topological polar surface area (TPSA) is 70.5 Å². The van der Waals surface area contributed by atoms with Crippen molar-refractivity contribution in [1.82, 2.24) is 4.90 Å². The van der Waals surface area contributed by atoms with Crippen LogP contribution in [0.15, 0.2) is 102 Å². The first-order chi connectivity index (χ1) is 17.1. The van der Waals surface area contributed by atoms with Crippen molar-refractivity contribution in [3.05, 3.63) is 119 Å². The van der Waals surface area contributed by atoms with E-state index >= 15 is 0 Å². The maximum atomic E-state index is 13.6. The summed E-state index contributed by atoms with van der Waals surface area (Å²) in [5.74, 6) is -0.845. The molecule has 0 aromatic heterocycles. The highest BCUT2D eigenvalue weighted by atomic mass is 35.5.